The van der Waals surface area contributed by atoms with E-state index < -0.39 is 6.04 Å². The minimum atomic E-state index is -0.581. The summed E-state index contributed by atoms with van der Waals surface area (Å²) in [5, 5.41) is 4.86. The molecule has 34 heavy (non-hydrogen) atoms. The molecule has 1 atom stereocenters. The van der Waals surface area contributed by atoms with E-state index in [-0.39, 0.29) is 11.8 Å². The molecular weight excluding hydrogens is 446 g/mol. The molecular formula is C27H31N3O3S. The van der Waals surface area contributed by atoms with E-state index in [2.05, 4.69) is 22.3 Å². The largest absolute Gasteiger partial charge is 0.497 e. The van der Waals surface area contributed by atoms with E-state index >= 15 is 0 Å². The Labute approximate surface area is 205 Å². The van der Waals surface area contributed by atoms with Crippen LogP contribution in [0.5, 0.6) is 5.75 Å². The van der Waals surface area contributed by atoms with Crippen LogP contribution < -0.4 is 10.1 Å². The van der Waals surface area contributed by atoms with Gasteiger partial charge in [0.15, 0.2) is 0 Å². The smallest absolute Gasteiger partial charge is 0.262 e. The number of benzene rings is 2. The van der Waals surface area contributed by atoms with Crippen LogP contribution in [-0.2, 0) is 17.6 Å². The number of ether oxygens (including phenoxy) is 1. The van der Waals surface area contributed by atoms with Crippen molar-refractivity contribution >= 4 is 23.2 Å². The number of amides is 2. The van der Waals surface area contributed by atoms with Crippen LogP contribution >= 0.6 is 11.3 Å². The van der Waals surface area contributed by atoms with Crippen molar-refractivity contribution in [1.29, 1.82) is 0 Å². The Bertz CT molecular complexity index is 1050. The first-order valence-electron chi connectivity index (χ1n) is 11.6. The van der Waals surface area contributed by atoms with Crippen molar-refractivity contribution in [3.63, 3.8) is 0 Å². The maximum absolute atomic E-state index is 13.4. The third kappa shape index (κ3) is 6.46. The summed E-state index contributed by atoms with van der Waals surface area (Å²) in [5.74, 6) is 0.665. The van der Waals surface area contributed by atoms with Gasteiger partial charge in [0, 0.05) is 39.1 Å². The molecule has 7 heteroatoms. The number of piperazine rings is 1. The SMILES string of the molecule is COc1ccc(CCN2CCN(C(=O)C(Cc3ccccc3)NC(=O)c3cccs3)CC2)cc1. The normalized spacial score (nSPS) is 15.0. The van der Waals surface area contributed by atoms with Crippen molar-refractivity contribution in [2.45, 2.75) is 18.9 Å². The first kappa shape index (κ1) is 24.0. The molecule has 3 aromatic rings. The molecule has 0 saturated carbocycles. The molecule has 1 unspecified atom stereocenters. The molecule has 1 aliphatic rings. The van der Waals surface area contributed by atoms with Crippen molar-refractivity contribution in [3.05, 3.63) is 88.1 Å². The fourth-order valence-electron chi connectivity index (χ4n) is 4.18. The highest BCUT2D eigenvalue weighted by Crippen LogP contribution is 2.14. The van der Waals surface area contributed by atoms with Gasteiger partial charge >= 0.3 is 0 Å². The number of carbonyl (C=O) groups is 2. The lowest BCUT2D eigenvalue weighted by atomic mass is 10.0. The summed E-state index contributed by atoms with van der Waals surface area (Å²) in [7, 11) is 1.67. The van der Waals surface area contributed by atoms with E-state index in [1.807, 2.05) is 58.8 Å². The standard InChI is InChI=1S/C27H31N3O3S/c1-33-23-11-9-21(10-12-23)13-14-29-15-17-30(18-16-29)27(32)24(20-22-6-3-2-4-7-22)28-26(31)25-8-5-19-34-25/h2-12,19,24H,13-18,20H2,1H3,(H,28,31). The highest BCUT2D eigenvalue weighted by Gasteiger charge is 2.29. The van der Waals surface area contributed by atoms with Gasteiger partial charge < -0.3 is 15.0 Å². The number of nitrogens with one attached hydrogen (secondary N) is 1. The first-order valence-corrected chi connectivity index (χ1v) is 12.5. The summed E-state index contributed by atoms with van der Waals surface area (Å²) in [5.41, 5.74) is 2.31. The molecule has 0 aliphatic carbocycles. The topological polar surface area (TPSA) is 61.9 Å². The van der Waals surface area contributed by atoms with Gasteiger partial charge in [-0.05, 0) is 41.1 Å². The summed E-state index contributed by atoms with van der Waals surface area (Å²) >= 11 is 1.38. The van der Waals surface area contributed by atoms with Gasteiger partial charge in [-0.1, -0.05) is 48.5 Å². The number of hydrogen-bond donors (Lipinski definition) is 1. The molecule has 6 nitrogen and oxygen atoms in total. The van der Waals surface area contributed by atoms with E-state index in [0.29, 0.717) is 24.4 Å². The Balaban J connectivity index is 1.33. The monoisotopic (exact) mass is 477 g/mol. The van der Waals surface area contributed by atoms with Gasteiger partial charge in [-0.2, -0.15) is 0 Å². The molecule has 0 spiro atoms. The van der Waals surface area contributed by atoms with E-state index in [9.17, 15) is 9.59 Å². The maximum Gasteiger partial charge on any atom is 0.262 e. The molecule has 1 fully saturated rings. The fraction of sp³-hybridized carbons (Fsp3) is 0.333. The lowest BCUT2D eigenvalue weighted by molar-refractivity contribution is -0.135. The van der Waals surface area contributed by atoms with Crippen LogP contribution in [0.4, 0.5) is 0 Å². The number of methoxy groups -OCH3 is 1. The number of hydrogen-bond acceptors (Lipinski definition) is 5. The second kappa shape index (κ2) is 11.8. The summed E-state index contributed by atoms with van der Waals surface area (Å²) in [6, 6.07) is 21.1. The highest BCUT2D eigenvalue weighted by atomic mass is 32.1. The van der Waals surface area contributed by atoms with Crippen LogP contribution in [-0.4, -0.2) is 67.5 Å². The molecule has 1 aromatic heterocycles. The number of nitrogens with zero attached hydrogens (tertiary/aromatic N) is 2. The van der Waals surface area contributed by atoms with Gasteiger partial charge in [-0.15, -0.1) is 11.3 Å². The summed E-state index contributed by atoms with van der Waals surface area (Å²) in [6.45, 7) is 3.96. The molecule has 1 N–H and O–H groups in total. The summed E-state index contributed by atoms with van der Waals surface area (Å²) in [4.78, 5) is 31.1. The minimum Gasteiger partial charge on any atom is -0.497 e. The van der Waals surface area contributed by atoms with Crippen molar-refractivity contribution in [3.8, 4) is 5.75 Å². The van der Waals surface area contributed by atoms with Crippen molar-refractivity contribution in [2.75, 3.05) is 39.8 Å². The zero-order valence-corrected chi connectivity index (χ0v) is 20.3. The van der Waals surface area contributed by atoms with E-state index in [1.54, 1.807) is 13.2 Å². The predicted octanol–water partition coefficient (Wildman–Crippen LogP) is 3.48. The Morgan fingerprint density at radius 2 is 1.68 bits per heavy atom. The second-order valence-electron chi connectivity index (χ2n) is 8.46. The third-order valence-corrected chi connectivity index (χ3v) is 7.06. The number of carbonyl (C=O) groups excluding carboxylic acids is 2. The van der Waals surface area contributed by atoms with Gasteiger partial charge in [-0.25, -0.2) is 0 Å². The van der Waals surface area contributed by atoms with Crippen LogP contribution in [0.15, 0.2) is 72.1 Å². The molecule has 4 rings (SSSR count). The Morgan fingerprint density at radius 3 is 2.32 bits per heavy atom. The molecule has 2 amide bonds. The van der Waals surface area contributed by atoms with Gasteiger partial charge in [0.1, 0.15) is 11.8 Å². The van der Waals surface area contributed by atoms with Crippen LogP contribution in [0.2, 0.25) is 0 Å². The van der Waals surface area contributed by atoms with Crippen LogP contribution in [0.1, 0.15) is 20.8 Å². The van der Waals surface area contributed by atoms with Crippen molar-refractivity contribution in [2.24, 2.45) is 0 Å². The van der Waals surface area contributed by atoms with E-state index in [4.69, 9.17) is 4.74 Å². The summed E-state index contributed by atoms with van der Waals surface area (Å²) in [6.07, 6.45) is 1.44. The molecule has 178 valence electrons. The van der Waals surface area contributed by atoms with Crippen LogP contribution in [0.3, 0.4) is 0 Å². The Hall–Kier alpha value is -3.16. The third-order valence-electron chi connectivity index (χ3n) is 6.19. The molecule has 2 aromatic carbocycles. The van der Waals surface area contributed by atoms with Crippen molar-refractivity contribution in [1.82, 2.24) is 15.1 Å². The van der Waals surface area contributed by atoms with Crippen LogP contribution in [0.25, 0.3) is 0 Å². The average molecular weight is 478 g/mol. The lowest BCUT2D eigenvalue weighted by Crippen LogP contribution is -2.55. The molecule has 0 bridgehead atoms. The van der Waals surface area contributed by atoms with E-state index in [1.165, 1.54) is 16.9 Å². The molecule has 1 saturated heterocycles. The summed E-state index contributed by atoms with van der Waals surface area (Å²) < 4.78 is 5.23. The maximum atomic E-state index is 13.4. The lowest BCUT2D eigenvalue weighted by Gasteiger charge is -2.36. The van der Waals surface area contributed by atoms with E-state index in [0.717, 1.165) is 37.4 Å². The average Bonchev–Trinajstić information content (AvgIpc) is 3.43. The molecule has 2 heterocycles. The van der Waals surface area contributed by atoms with Gasteiger partial charge in [0.25, 0.3) is 5.91 Å². The van der Waals surface area contributed by atoms with Gasteiger partial charge in [0.05, 0.1) is 12.0 Å². The zero-order chi connectivity index (χ0) is 23.8. The Kier molecular flexibility index (Phi) is 8.33. The zero-order valence-electron chi connectivity index (χ0n) is 19.5. The quantitative estimate of drug-likeness (QED) is 0.513. The van der Waals surface area contributed by atoms with Gasteiger partial charge in [0.2, 0.25) is 5.91 Å². The number of rotatable bonds is 9. The van der Waals surface area contributed by atoms with Gasteiger partial charge in [-0.3, -0.25) is 14.5 Å². The fourth-order valence-corrected chi connectivity index (χ4v) is 4.81. The predicted molar refractivity (Wildman–Crippen MR) is 135 cm³/mol. The minimum absolute atomic E-state index is 0.0106. The second-order valence-corrected chi connectivity index (χ2v) is 9.41. The molecule has 1 aliphatic heterocycles. The first-order chi connectivity index (χ1) is 16.6. The van der Waals surface area contributed by atoms with Crippen molar-refractivity contribution < 1.29 is 14.3 Å². The highest BCUT2D eigenvalue weighted by molar-refractivity contribution is 7.12. The molecule has 0 radical (unpaired) electrons. The Morgan fingerprint density at radius 1 is 0.941 bits per heavy atom. The number of thiophene rings is 1. The van der Waals surface area contributed by atoms with Crippen LogP contribution in [0, 0.1) is 0 Å².